The fourth-order valence-electron chi connectivity index (χ4n) is 2.08. The number of halogens is 2. The van der Waals surface area contributed by atoms with Crippen molar-refractivity contribution in [1.29, 1.82) is 0 Å². The van der Waals surface area contributed by atoms with Gasteiger partial charge < -0.3 is 10.6 Å². The molecule has 5 nitrogen and oxygen atoms in total. The second-order valence-electron chi connectivity index (χ2n) is 4.53. The molecule has 0 radical (unpaired) electrons. The van der Waals surface area contributed by atoms with Crippen molar-refractivity contribution >= 4 is 11.4 Å². The zero-order valence-electron chi connectivity index (χ0n) is 10.8. The van der Waals surface area contributed by atoms with Crippen molar-refractivity contribution in [3.8, 4) is 0 Å². The van der Waals surface area contributed by atoms with Crippen LogP contribution >= 0.6 is 0 Å². The van der Waals surface area contributed by atoms with Crippen LogP contribution in [0.1, 0.15) is 12.8 Å². The molecule has 0 spiro atoms. The highest BCUT2D eigenvalue weighted by Crippen LogP contribution is 2.25. The molecule has 0 aromatic heterocycles. The predicted octanol–water partition coefficient (Wildman–Crippen LogP) is 2.59. The monoisotopic (exact) mass is 283 g/mol. The Labute approximate surface area is 114 Å². The van der Waals surface area contributed by atoms with Gasteiger partial charge in [-0.15, -0.1) is 0 Å². The lowest BCUT2D eigenvalue weighted by Crippen LogP contribution is -2.21. The van der Waals surface area contributed by atoms with Gasteiger partial charge in [0.2, 0.25) is 0 Å². The topological polar surface area (TPSA) is 67.2 Å². The maximum atomic E-state index is 13.6. The molecule has 0 amide bonds. The number of nitro groups is 1. The van der Waals surface area contributed by atoms with Crippen LogP contribution < -0.4 is 10.6 Å². The van der Waals surface area contributed by atoms with E-state index in [0.717, 1.165) is 31.6 Å². The summed E-state index contributed by atoms with van der Waals surface area (Å²) in [5.74, 6) is -1.90. The Morgan fingerprint density at radius 1 is 1.35 bits per heavy atom. The van der Waals surface area contributed by atoms with Crippen LogP contribution in [0.15, 0.2) is 23.8 Å². The van der Waals surface area contributed by atoms with Gasteiger partial charge >= 0.3 is 0 Å². The van der Waals surface area contributed by atoms with E-state index in [0.29, 0.717) is 13.0 Å². The number of nitrogens with zero attached hydrogens (tertiary/aromatic N) is 1. The summed E-state index contributed by atoms with van der Waals surface area (Å²) >= 11 is 0. The molecule has 0 saturated carbocycles. The number of benzene rings is 1. The number of hydrogen-bond donors (Lipinski definition) is 2. The third-order valence-electron chi connectivity index (χ3n) is 3.14. The molecule has 0 saturated heterocycles. The highest BCUT2D eigenvalue weighted by molar-refractivity contribution is 5.51. The van der Waals surface area contributed by atoms with E-state index in [1.807, 2.05) is 0 Å². The van der Waals surface area contributed by atoms with Gasteiger partial charge in [-0.1, -0.05) is 11.6 Å². The van der Waals surface area contributed by atoms with Crippen LogP contribution in [0.4, 0.5) is 20.2 Å². The molecule has 0 fully saturated rings. The number of anilines is 1. The quantitative estimate of drug-likeness (QED) is 0.495. The minimum atomic E-state index is -0.948. The van der Waals surface area contributed by atoms with Gasteiger partial charge in [0, 0.05) is 13.1 Å². The SMILES string of the molecule is O=[N+]([O-])c1cc(F)c(NCCC2=CCNCC2)c(F)c1. The Balaban J connectivity index is 1.99. The molecule has 2 N–H and O–H groups in total. The lowest BCUT2D eigenvalue weighted by Gasteiger charge is -2.15. The van der Waals surface area contributed by atoms with E-state index in [4.69, 9.17) is 0 Å². The minimum Gasteiger partial charge on any atom is -0.380 e. The van der Waals surface area contributed by atoms with Gasteiger partial charge in [0.1, 0.15) is 5.69 Å². The average Bonchev–Trinajstić information content (AvgIpc) is 2.42. The van der Waals surface area contributed by atoms with E-state index < -0.39 is 22.2 Å². The summed E-state index contributed by atoms with van der Waals surface area (Å²) in [6.07, 6.45) is 3.68. The highest BCUT2D eigenvalue weighted by atomic mass is 19.1. The van der Waals surface area contributed by atoms with Gasteiger partial charge in [-0.3, -0.25) is 10.1 Å². The van der Waals surface area contributed by atoms with Gasteiger partial charge in [0.25, 0.3) is 5.69 Å². The van der Waals surface area contributed by atoms with Gasteiger partial charge in [0.15, 0.2) is 11.6 Å². The molecule has 1 aliphatic heterocycles. The molecule has 0 atom stereocenters. The number of hydrogen-bond acceptors (Lipinski definition) is 4. The largest absolute Gasteiger partial charge is 0.380 e. The predicted molar refractivity (Wildman–Crippen MR) is 71.7 cm³/mol. The first-order valence-electron chi connectivity index (χ1n) is 6.34. The van der Waals surface area contributed by atoms with Crippen LogP contribution in [-0.4, -0.2) is 24.6 Å². The summed E-state index contributed by atoms with van der Waals surface area (Å²) in [7, 11) is 0. The van der Waals surface area contributed by atoms with Crippen molar-refractivity contribution in [2.24, 2.45) is 0 Å². The fourth-order valence-corrected chi connectivity index (χ4v) is 2.08. The third kappa shape index (κ3) is 3.51. The number of non-ortho nitro benzene ring substituents is 1. The molecule has 2 rings (SSSR count). The normalized spacial score (nSPS) is 14.8. The van der Waals surface area contributed by atoms with E-state index >= 15 is 0 Å². The van der Waals surface area contributed by atoms with Gasteiger partial charge in [-0.2, -0.15) is 0 Å². The van der Waals surface area contributed by atoms with Gasteiger partial charge in [-0.25, -0.2) is 8.78 Å². The Morgan fingerprint density at radius 2 is 2.05 bits per heavy atom. The standard InChI is InChI=1S/C13H15F2N3O2/c14-11-7-10(18(19)20)8-12(15)13(11)17-6-3-9-1-4-16-5-2-9/h1,7-8,16-17H,2-6H2. The molecule has 7 heteroatoms. The lowest BCUT2D eigenvalue weighted by molar-refractivity contribution is -0.385. The molecular formula is C13H15F2N3O2. The highest BCUT2D eigenvalue weighted by Gasteiger charge is 2.16. The van der Waals surface area contributed by atoms with E-state index in [9.17, 15) is 18.9 Å². The van der Waals surface area contributed by atoms with Crippen LogP contribution in [0, 0.1) is 21.7 Å². The molecule has 1 aromatic carbocycles. The number of rotatable bonds is 5. The smallest absolute Gasteiger partial charge is 0.275 e. The third-order valence-corrected chi connectivity index (χ3v) is 3.14. The van der Waals surface area contributed by atoms with Crippen molar-refractivity contribution in [2.75, 3.05) is 25.0 Å². The molecule has 1 heterocycles. The Bertz CT molecular complexity index is 523. The minimum absolute atomic E-state index is 0.315. The molecule has 20 heavy (non-hydrogen) atoms. The molecular weight excluding hydrogens is 268 g/mol. The van der Waals surface area contributed by atoms with E-state index in [1.165, 1.54) is 5.57 Å². The van der Waals surface area contributed by atoms with Crippen molar-refractivity contribution in [2.45, 2.75) is 12.8 Å². The Hall–Kier alpha value is -2.02. The first-order chi connectivity index (χ1) is 9.58. The summed E-state index contributed by atoms with van der Waals surface area (Å²) in [4.78, 5) is 9.65. The zero-order chi connectivity index (χ0) is 14.5. The maximum Gasteiger partial charge on any atom is 0.275 e. The van der Waals surface area contributed by atoms with E-state index in [2.05, 4.69) is 16.7 Å². The van der Waals surface area contributed by atoms with Gasteiger partial charge in [0.05, 0.1) is 17.1 Å². The van der Waals surface area contributed by atoms with Crippen molar-refractivity contribution in [3.05, 3.63) is 45.5 Å². The van der Waals surface area contributed by atoms with Gasteiger partial charge in [-0.05, 0) is 19.4 Å². The van der Waals surface area contributed by atoms with Crippen LogP contribution in [0.3, 0.4) is 0 Å². The van der Waals surface area contributed by atoms with Crippen molar-refractivity contribution < 1.29 is 13.7 Å². The summed E-state index contributed by atoms with van der Waals surface area (Å²) in [5, 5.41) is 16.3. The Morgan fingerprint density at radius 3 is 2.60 bits per heavy atom. The van der Waals surface area contributed by atoms with Crippen LogP contribution in [0.5, 0.6) is 0 Å². The number of nitrogens with one attached hydrogen (secondary N) is 2. The molecule has 108 valence electrons. The maximum absolute atomic E-state index is 13.6. The summed E-state index contributed by atoms with van der Waals surface area (Å²) in [6, 6.07) is 1.43. The fraction of sp³-hybridized carbons (Fsp3) is 0.385. The van der Waals surface area contributed by atoms with E-state index in [-0.39, 0.29) is 5.69 Å². The molecule has 1 aliphatic rings. The molecule has 0 unspecified atom stereocenters. The van der Waals surface area contributed by atoms with Crippen molar-refractivity contribution in [1.82, 2.24) is 5.32 Å². The molecule has 1 aromatic rings. The number of nitro benzene ring substituents is 1. The zero-order valence-corrected chi connectivity index (χ0v) is 10.8. The summed E-state index contributed by atoms with van der Waals surface area (Å²) in [6.45, 7) is 2.11. The van der Waals surface area contributed by atoms with Crippen LogP contribution in [0.2, 0.25) is 0 Å². The summed E-state index contributed by atoms with van der Waals surface area (Å²) < 4.78 is 27.2. The second kappa shape index (κ2) is 6.42. The Kier molecular flexibility index (Phi) is 4.62. The molecule has 0 bridgehead atoms. The average molecular weight is 283 g/mol. The van der Waals surface area contributed by atoms with Crippen LogP contribution in [-0.2, 0) is 0 Å². The lowest BCUT2D eigenvalue weighted by atomic mass is 10.1. The summed E-state index contributed by atoms with van der Waals surface area (Å²) in [5.41, 5.74) is 0.329. The molecule has 0 aliphatic carbocycles. The first kappa shape index (κ1) is 14.4. The van der Waals surface area contributed by atoms with Crippen molar-refractivity contribution in [3.63, 3.8) is 0 Å². The first-order valence-corrected chi connectivity index (χ1v) is 6.34. The second-order valence-corrected chi connectivity index (χ2v) is 4.53. The van der Waals surface area contributed by atoms with Crippen LogP contribution in [0.25, 0.3) is 0 Å². The van der Waals surface area contributed by atoms with E-state index in [1.54, 1.807) is 0 Å².